The number of rotatable bonds is 3. The lowest BCUT2D eigenvalue weighted by Gasteiger charge is -2.12. The van der Waals surface area contributed by atoms with Crippen molar-refractivity contribution in [2.45, 2.75) is 0 Å². The van der Waals surface area contributed by atoms with Crippen molar-refractivity contribution >= 4 is 23.2 Å². The first-order valence-corrected chi connectivity index (χ1v) is 7.65. The van der Waals surface area contributed by atoms with E-state index in [0.717, 1.165) is 11.1 Å². The lowest BCUT2D eigenvalue weighted by atomic mass is 10.0. The fourth-order valence-electron chi connectivity index (χ4n) is 2.35. The Morgan fingerprint density at radius 3 is 2.58 bits per heavy atom. The average Bonchev–Trinajstić information content (AvgIpc) is 2.62. The van der Waals surface area contributed by atoms with Crippen molar-refractivity contribution in [3.63, 3.8) is 0 Å². The number of carbonyl (C=O) groups is 1. The third kappa shape index (κ3) is 3.29. The number of aromatic nitrogens is 1. The van der Waals surface area contributed by atoms with E-state index in [9.17, 15) is 4.79 Å². The Morgan fingerprint density at radius 2 is 1.88 bits per heavy atom. The first kappa shape index (κ1) is 15.8. The van der Waals surface area contributed by atoms with E-state index in [1.165, 1.54) is 6.20 Å². The number of hydrogen-bond donors (Lipinski definition) is 1. The van der Waals surface area contributed by atoms with Gasteiger partial charge in [-0.3, -0.25) is 4.79 Å². The zero-order valence-electron chi connectivity index (χ0n) is 12.7. The number of nitrogens with one attached hydrogen (secondary N) is 1. The Balaban J connectivity index is 2.02. The standard InChI is InChI=1S/C20H13ClN2O/c1-2-14-10-11-16(15-7-4-3-5-8-15)18(13-14)23-20(24)17-9-6-12-22-19(17)21/h1,3-13H,(H,23,24). The Kier molecular flexibility index (Phi) is 4.60. The predicted octanol–water partition coefficient (Wildman–Crippen LogP) is 4.64. The highest BCUT2D eigenvalue weighted by molar-refractivity contribution is 6.33. The first-order valence-electron chi connectivity index (χ1n) is 7.27. The molecule has 0 aliphatic heterocycles. The van der Waals surface area contributed by atoms with Crippen LogP contribution in [0.1, 0.15) is 15.9 Å². The third-order valence-corrected chi connectivity index (χ3v) is 3.82. The van der Waals surface area contributed by atoms with Gasteiger partial charge in [0, 0.05) is 17.3 Å². The van der Waals surface area contributed by atoms with Gasteiger partial charge in [0.05, 0.1) is 11.3 Å². The molecule has 0 spiro atoms. The summed E-state index contributed by atoms with van der Waals surface area (Å²) < 4.78 is 0. The quantitative estimate of drug-likeness (QED) is 0.561. The Bertz CT molecular complexity index is 930. The minimum absolute atomic E-state index is 0.157. The molecular weight excluding hydrogens is 320 g/mol. The summed E-state index contributed by atoms with van der Waals surface area (Å²) in [7, 11) is 0. The lowest BCUT2D eigenvalue weighted by Crippen LogP contribution is -2.13. The number of amides is 1. The van der Waals surface area contributed by atoms with Gasteiger partial charge in [-0.25, -0.2) is 4.98 Å². The highest BCUT2D eigenvalue weighted by Gasteiger charge is 2.14. The van der Waals surface area contributed by atoms with Crippen molar-refractivity contribution in [3.8, 4) is 23.5 Å². The molecule has 0 bridgehead atoms. The number of hydrogen-bond acceptors (Lipinski definition) is 2. The second-order valence-corrected chi connectivity index (χ2v) is 5.42. The largest absolute Gasteiger partial charge is 0.321 e. The number of carbonyl (C=O) groups excluding carboxylic acids is 1. The lowest BCUT2D eigenvalue weighted by molar-refractivity contribution is 0.102. The second kappa shape index (κ2) is 6.99. The van der Waals surface area contributed by atoms with Crippen molar-refractivity contribution in [2.75, 3.05) is 5.32 Å². The third-order valence-electron chi connectivity index (χ3n) is 3.52. The molecule has 0 saturated carbocycles. The molecule has 0 saturated heterocycles. The first-order chi connectivity index (χ1) is 11.7. The molecule has 0 radical (unpaired) electrons. The number of terminal acetylenes is 1. The number of benzene rings is 2. The zero-order chi connectivity index (χ0) is 16.9. The molecule has 116 valence electrons. The van der Waals surface area contributed by atoms with E-state index >= 15 is 0 Å². The van der Waals surface area contributed by atoms with E-state index in [2.05, 4.69) is 16.2 Å². The molecule has 4 heteroatoms. The minimum Gasteiger partial charge on any atom is -0.321 e. The topological polar surface area (TPSA) is 42.0 Å². The summed E-state index contributed by atoms with van der Waals surface area (Å²) in [4.78, 5) is 16.5. The van der Waals surface area contributed by atoms with Gasteiger partial charge in [0.15, 0.2) is 0 Å². The van der Waals surface area contributed by atoms with Crippen LogP contribution in [0.15, 0.2) is 66.9 Å². The van der Waals surface area contributed by atoms with Crippen LogP contribution in [-0.4, -0.2) is 10.9 Å². The van der Waals surface area contributed by atoms with Gasteiger partial charge in [-0.05, 0) is 29.8 Å². The molecule has 2 aromatic carbocycles. The van der Waals surface area contributed by atoms with E-state index in [0.29, 0.717) is 16.8 Å². The van der Waals surface area contributed by atoms with Crippen LogP contribution in [-0.2, 0) is 0 Å². The van der Waals surface area contributed by atoms with E-state index in [1.807, 2.05) is 42.5 Å². The summed E-state index contributed by atoms with van der Waals surface area (Å²) in [6.07, 6.45) is 7.01. The molecular formula is C20H13ClN2O. The van der Waals surface area contributed by atoms with Crippen LogP contribution in [0.4, 0.5) is 5.69 Å². The summed E-state index contributed by atoms with van der Waals surface area (Å²) in [6.45, 7) is 0. The van der Waals surface area contributed by atoms with Crippen molar-refractivity contribution in [1.29, 1.82) is 0 Å². The summed E-state index contributed by atoms with van der Waals surface area (Å²) in [5.41, 5.74) is 3.48. The van der Waals surface area contributed by atoms with Crippen LogP contribution in [0.2, 0.25) is 5.15 Å². The molecule has 0 aliphatic carbocycles. The number of halogens is 1. The summed E-state index contributed by atoms with van der Waals surface area (Å²) in [5, 5.41) is 3.04. The molecule has 0 unspecified atom stereocenters. The monoisotopic (exact) mass is 332 g/mol. The van der Waals surface area contributed by atoms with Gasteiger partial charge in [0.1, 0.15) is 5.15 Å². The molecule has 0 atom stereocenters. The van der Waals surface area contributed by atoms with E-state index in [-0.39, 0.29) is 11.1 Å². The van der Waals surface area contributed by atoms with E-state index < -0.39 is 0 Å². The van der Waals surface area contributed by atoms with Crippen LogP contribution in [0.3, 0.4) is 0 Å². The van der Waals surface area contributed by atoms with Gasteiger partial charge in [0.25, 0.3) is 5.91 Å². The maximum atomic E-state index is 12.5. The number of nitrogens with zero attached hydrogens (tertiary/aromatic N) is 1. The maximum Gasteiger partial charge on any atom is 0.258 e. The van der Waals surface area contributed by atoms with Crippen molar-refractivity contribution in [1.82, 2.24) is 4.98 Å². The highest BCUT2D eigenvalue weighted by atomic mass is 35.5. The van der Waals surface area contributed by atoms with Crippen LogP contribution < -0.4 is 5.32 Å². The Morgan fingerprint density at radius 1 is 1.08 bits per heavy atom. The molecule has 1 amide bonds. The molecule has 1 aromatic heterocycles. The fourth-order valence-corrected chi connectivity index (χ4v) is 2.56. The molecule has 3 nitrogen and oxygen atoms in total. The fraction of sp³-hybridized carbons (Fsp3) is 0. The number of anilines is 1. The van der Waals surface area contributed by atoms with Crippen LogP contribution in [0.25, 0.3) is 11.1 Å². The molecule has 0 aliphatic rings. The highest BCUT2D eigenvalue weighted by Crippen LogP contribution is 2.29. The summed E-state index contributed by atoms with van der Waals surface area (Å²) in [5.74, 6) is 2.25. The Labute approximate surface area is 145 Å². The minimum atomic E-state index is -0.334. The molecule has 3 aromatic rings. The summed E-state index contributed by atoms with van der Waals surface area (Å²) in [6, 6.07) is 18.5. The van der Waals surface area contributed by atoms with Gasteiger partial charge < -0.3 is 5.32 Å². The Hall–Kier alpha value is -3.09. The van der Waals surface area contributed by atoms with Crippen LogP contribution in [0.5, 0.6) is 0 Å². The SMILES string of the molecule is C#Cc1ccc(-c2ccccc2)c(NC(=O)c2cccnc2Cl)c1. The van der Waals surface area contributed by atoms with Crippen LogP contribution in [0, 0.1) is 12.3 Å². The summed E-state index contributed by atoms with van der Waals surface area (Å²) >= 11 is 6.00. The predicted molar refractivity (Wildman–Crippen MR) is 97.0 cm³/mol. The second-order valence-electron chi connectivity index (χ2n) is 5.07. The van der Waals surface area contributed by atoms with E-state index in [4.69, 9.17) is 18.0 Å². The zero-order valence-corrected chi connectivity index (χ0v) is 13.4. The maximum absolute atomic E-state index is 12.5. The normalized spacial score (nSPS) is 10.0. The molecule has 1 heterocycles. The van der Waals surface area contributed by atoms with Gasteiger partial charge >= 0.3 is 0 Å². The van der Waals surface area contributed by atoms with Crippen LogP contribution >= 0.6 is 11.6 Å². The molecule has 1 N–H and O–H groups in total. The van der Waals surface area contributed by atoms with Gasteiger partial charge in [0.2, 0.25) is 0 Å². The van der Waals surface area contributed by atoms with Gasteiger partial charge in [-0.15, -0.1) is 6.42 Å². The van der Waals surface area contributed by atoms with Crippen molar-refractivity contribution < 1.29 is 4.79 Å². The van der Waals surface area contributed by atoms with E-state index in [1.54, 1.807) is 18.2 Å². The average molecular weight is 333 g/mol. The number of pyridine rings is 1. The molecule has 3 rings (SSSR count). The van der Waals surface area contributed by atoms with Crippen molar-refractivity contribution in [3.05, 3.63) is 83.1 Å². The van der Waals surface area contributed by atoms with Gasteiger partial charge in [-0.1, -0.05) is 53.9 Å². The smallest absolute Gasteiger partial charge is 0.258 e. The van der Waals surface area contributed by atoms with Gasteiger partial charge in [-0.2, -0.15) is 0 Å². The van der Waals surface area contributed by atoms with Crippen molar-refractivity contribution in [2.24, 2.45) is 0 Å². The molecule has 0 fully saturated rings. The molecule has 24 heavy (non-hydrogen) atoms.